The molecule has 0 radical (unpaired) electrons. The average Bonchev–Trinajstić information content (AvgIpc) is 2.69. The Morgan fingerprint density at radius 2 is 2.56 bits per heavy atom. The summed E-state index contributed by atoms with van der Waals surface area (Å²) in [5.74, 6) is -1.15. The van der Waals surface area contributed by atoms with Gasteiger partial charge in [-0.25, -0.2) is 0 Å². The molecule has 1 heterocycles. The largest absolute Gasteiger partial charge is 0.465 e. The van der Waals surface area contributed by atoms with Crippen LogP contribution in [-0.4, -0.2) is 35.9 Å². The minimum Gasteiger partial charge on any atom is -0.465 e. The molecule has 0 spiro atoms. The van der Waals surface area contributed by atoms with Crippen LogP contribution in [0.15, 0.2) is 23.1 Å². The molecule has 0 aromatic rings. The number of fused-ring (bicyclic) bond motifs is 1. The first-order valence-corrected chi connectivity index (χ1v) is 6.88. The van der Waals surface area contributed by atoms with E-state index in [1.165, 1.54) is 4.91 Å². The Kier molecular flexibility index (Phi) is 4.10. The first-order valence-electron chi connectivity index (χ1n) is 6.00. The lowest BCUT2D eigenvalue weighted by Gasteiger charge is -2.26. The number of ether oxygens (including phenoxy) is 1. The molecule has 96 valence electrons. The number of carbonyl (C=O) groups excluding carboxylic acids is 1. The normalized spacial score (nSPS) is 28.2. The van der Waals surface area contributed by atoms with E-state index in [2.05, 4.69) is 23.1 Å². The molecule has 4 nitrogen and oxygen atoms in total. The summed E-state index contributed by atoms with van der Waals surface area (Å²) in [7, 11) is 1.96. The number of hydrogen-bond acceptors (Lipinski definition) is 5. The topological polar surface area (TPSA) is 53.3 Å². The second kappa shape index (κ2) is 5.59. The third-order valence-corrected chi connectivity index (χ3v) is 4.73. The van der Waals surface area contributed by atoms with Crippen molar-refractivity contribution in [3.8, 4) is 6.07 Å². The van der Waals surface area contributed by atoms with E-state index in [0.29, 0.717) is 12.6 Å². The van der Waals surface area contributed by atoms with Gasteiger partial charge >= 0.3 is 5.97 Å². The molecule has 2 rings (SSSR count). The lowest BCUT2D eigenvalue weighted by atomic mass is 10.1. The Balaban J connectivity index is 2.14. The number of likely N-dealkylation sites (N-methyl/N-ethyl adjacent to an activating group) is 1. The summed E-state index contributed by atoms with van der Waals surface area (Å²) in [4.78, 5) is 15.1. The van der Waals surface area contributed by atoms with E-state index in [1.807, 2.05) is 13.1 Å². The lowest BCUT2D eigenvalue weighted by Crippen LogP contribution is -2.39. The van der Waals surface area contributed by atoms with Crippen LogP contribution in [0.2, 0.25) is 0 Å². The zero-order valence-corrected chi connectivity index (χ0v) is 11.3. The fraction of sp³-hybridized carbons (Fsp3) is 0.538. The molecule has 0 aromatic carbocycles. The molecule has 1 saturated heterocycles. The average molecular weight is 264 g/mol. The third-order valence-electron chi connectivity index (χ3n) is 3.20. The molecule has 0 bridgehead atoms. The summed E-state index contributed by atoms with van der Waals surface area (Å²) in [5, 5.41) is 9.06. The first-order chi connectivity index (χ1) is 8.69. The minimum absolute atomic E-state index is 0.148. The van der Waals surface area contributed by atoms with Gasteiger partial charge in [0.15, 0.2) is 5.92 Å². The fourth-order valence-electron chi connectivity index (χ4n) is 2.25. The number of carbonyl (C=O) groups is 1. The smallest absolute Gasteiger partial charge is 0.325 e. The predicted molar refractivity (Wildman–Crippen MR) is 70.5 cm³/mol. The number of hydrogen-bond donors (Lipinski definition) is 0. The lowest BCUT2D eigenvalue weighted by molar-refractivity contribution is -0.146. The number of allylic oxidation sites excluding steroid dienone is 2. The predicted octanol–water partition coefficient (Wildman–Crippen LogP) is 1.91. The Morgan fingerprint density at radius 1 is 1.78 bits per heavy atom. The van der Waals surface area contributed by atoms with Gasteiger partial charge < -0.3 is 4.74 Å². The molecule has 1 aliphatic heterocycles. The Morgan fingerprint density at radius 3 is 3.17 bits per heavy atom. The third kappa shape index (κ3) is 2.31. The van der Waals surface area contributed by atoms with E-state index in [0.717, 1.165) is 6.42 Å². The van der Waals surface area contributed by atoms with Crippen molar-refractivity contribution in [2.24, 2.45) is 5.92 Å². The second-order valence-corrected chi connectivity index (χ2v) is 5.47. The molecule has 3 unspecified atom stereocenters. The van der Waals surface area contributed by atoms with Gasteiger partial charge in [-0.15, -0.1) is 11.8 Å². The molecule has 0 amide bonds. The van der Waals surface area contributed by atoms with E-state index in [4.69, 9.17) is 4.74 Å². The molecular weight excluding hydrogens is 248 g/mol. The minimum atomic E-state index is -0.730. The fourth-order valence-corrected chi connectivity index (χ4v) is 3.73. The van der Waals surface area contributed by atoms with Gasteiger partial charge in [-0.05, 0) is 20.4 Å². The molecule has 0 saturated carbocycles. The van der Waals surface area contributed by atoms with Crippen LogP contribution in [0.3, 0.4) is 0 Å². The van der Waals surface area contributed by atoms with Gasteiger partial charge in [-0.1, -0.05) is 18.2 Å². The van der Waals surface area contributed by atoms with Crippen LogP contribution in [0, 0.1) is 17.2 Å². The SMILES string of the molecule is CCOC(=O)C(C#N)C1SC2=CC=CCC2N1C. The molecule has 18 heavy (non-hydrogen) atoms. The van der Waals surface area contributed by atoms with Crippen molar-refractivity contribution in [2.45, 2.75) is 24.8 Å². The molecule has 1 aliphatic carbocycles. The van der Waals surface area contributed by atoms with E-state index in [1.54, 1.807) is 18.7 Å². The summed E-state index contributed by atoms with van der Waals surface area (Å²) in [5.41, 5.74) is 0. The van der Waals surface area contributed by atoms with Crippen LogP contribution in [0.1, 0.15) is 13.3 Å². The highest BCUT2D eigenvalue weighted by molar-refractivity contribution is 8.04. The Labute approximate surface area is 111 Å². The van der Waals surface area contributed by atoms with E-state index in [9.17, 15) is 10.1 Å². The van der Waals surface area contributed by atoms with Crippen molar-refractivity contribution in [1.29, 1.82) is 5.26 Å². The Hall–Kier alpha value is -1.25. The van der Waals surface area contributed by atoms with Crippen molar-refractivity contribution in [3.63, 3.8) is 0 Å². The highest BCUT2D eigenvalue weighted by Crippen LogP contribution is 2.44. The van der Waals surface area contributed by atoms with Crippen molar-refractivity contribution in [1.82, 2.24) is 4.90 Å². The molecule has 5 heteroatoms. The number of esters is 1. The zero-order chi connectivity index (χ0) is 13.1. The molecule has 2 aliphatic rings. The second-order valence-electron chi connectivity index (χ2n) is 4.28. The van der Waals surface area contributed by atoms with Gasteiger partial charge in [-0.3, -0.25) is 9.69 Å². The van der Waals surface area contributed by atoms with Gasteiger partial charge in [0.1, 0.15) is 0 Å². The van der Waals surface area contributed by atoms with Gasteiger partial charge in [0, 0.05) is 10.9 Å². The van der Waals surface area contributed by atoms with Crippen LogP contribution in [0.5, 0.6) is 0 Å². The summed E-state index contributed by atoms with van der Waals surface area (Å²) in [6, 6.07) is 2.39. The van der Waals surface area contributed by atoms with Gasteiger partial charge in [0.25, 0.3) is 0 Å². The summed E-state index contributed by atoms with van der Waals surface area (Å²) >= 11 is 1.60. The maximum absolute atomic E-state index is 11.8. The van der Waals surface area contributed by atoms with Crippen LogP contribution < -0.4 is 0 Å². The van der Waals surface area contributed by atoms with Crippen molar-refractivity contribution in [2.75, 3.05) is 13.7 Å². The van der Waals surface area contributed by atoms with Gasteiger partial charge in [-0.2, -0.15) is 5.26 Å². The standard InChI is InChI=1S/C13H16N2O2S/c1-3-17-13(16)9(8-14)12-15(2)10-6-4-5-7-11(10)18-12/h4-5,7,9-10,12H,3,6H2,1-2H3. The van der Waals surface area contributed by atoms with Crippen LogP contribution in [-0.2, 0) is 9.53 Å². The molecule has 0 aromatic heterocycles. The maximum Gasteiger partial charge on any atom is 0.325 e. The summed E-state index contributed by atoms with van der Waals surface area (Å²) < 4.78 is 4.97. The van der Waals surface area contributed by atoms with Gasteiger partial charge in [0.05, 0.1) is 18.0 Å². The van der Waals surface area contributed by atoms with Crippen LogP contribution in [0.25, 0.3) is 0 Å². The number of nitriles is 1. The van der Waals surface area contributed by atoms with Crippen molar-refractivity contribution >= 4 is 17.7 Å². The first kappa shape index (κ1) is 13.2. The molecule has 1 fully saturated rings. The summed E-state index contributed by atoms with van der Waals surface area (Å²) in [6.45, 7) is 2.07. The number of rotatable bonds is 3. The van der Waals surface area contributed by atoms with Crippen molar-refractivity contribution in [3.05, 3.63) is 23.1 Å². The number of thioether (sulfide) groups is 1. The summed E-state index contributed by atoms with van der Waals surface area (Å²) in [6.07, 6.45) is 7.14. The highest BCUT2D eigenvalue weighted by atomic mass is 32.2. The molecule has 0 N–H and O–H groups in total. The van der Waals surface area contributed by atoms with Crippen LogP contribution >= 0.6 is 11.8 Å². The Bertz CT molecular complexity index is 439. The van der Waals surface area contributed by atoms with Gasteiger partial charge in [0.2, 0.25) is 0 Å². The number of nitrogens with zero attached hydrogens (tertiary/aromatic N) is 2. The zero-order valence-electron chi connectivity index (χ0n) is 10.5. The van der Waals surface area contributed by atoms with E-state index >= 15 is 0 Å². The van der Waals surface area contributed by atoms with E-state index in [-0.39, 0.29) is 5.37 Å². The quantitative estimate of drug-likeness (QED) is 0.729. The van der Waals surface area contributed by atoms with Crippen LogP contribution in [0.4, 0.5) is 0 Å². The monoisotopic (exact) mass is 264 g/mol. The maximum atomic E-state index is 11.8. The molecule has 3 atom stereocenters. The molecular formula is C13H16N2O2S. The highest BCUT2D eigenvalue weighted by Gasteiger charge is 2.43. The van der Waals surface area contributed by atoms with Crippen molar-refractivity contribution < 1.29 is 9.53 Å². The van der Waals surface area contributed by atoms with E-state index < -0.39 is 11.9 Å².